The third-order valence-corrected chi connectivity index (χ3v) is 2.92. The van der Waals surface area contributed by atoms with Crippen LogP contribution in [0.1, 0.15) is 18.5 Å². The van der Waals surface area contributed by atoms with Crippen molar-refractivity contribution in [3.8, 4) is 0 Å². The Bertz CT molecular complexity index is 479. The number of hydrogen-bond acceptors (Lipinski definition) is 5. The molecule has 1 unspecified atom stereocenters. The Hall–Kier alpha value is -1.89. The van der Waals surface area contributed by atoms with Crippen molar-refractivity contribution >= 4 is 22.8 Å². The van der Waals surface area contributed by atoms with E-state index in [0.29, 0.717) is 5.69 Å². The first-order chi connectivity index (χ1) is 7.68. The molecule has 0 aromatic carbocycles. The van der Waals surface area contributed by atoms with Crippen molar-refractivity contribution in [1.29, 1.82) is 0 Å². The molecule has 0 saturated heterocycles. The van der Waals surface area contributed by atoms with Crippen molar-refractivity contribution < 1.29 is 4.92 Å². The van der Waals surface area contributed by atoms with Gasteiger partial charge < -0.3 is 15.4 Å². The van der Waals surface area contributed by atoms with Crippen LogP contribution in [0, 0.1) is 10.1 Å². The van der Waals surface area contributed by atoms with E-state index in [2.05, 4.69) is 15.5 Å². The average Bonchev–Trinajstić information content (AvgIpc) is 2.86. The van der Waals surface area contributed by atoms with E-state index in [9.17, 15) is 10.1 Å². The molecule has 2 aromatic rings. The zero-order valence-electron chi connectivity index (χ0n) is 8.51. The molecule has 0 aliphatic heterocycles. The quantitative estimate of drug-likeness (QED) is 0.633. The predicted octanol–water partition coefficient (Wildman–Crippen LogP) is 2.55. The van der Waals surface area contributed by atoms with Crippen LogP contribution in [0.4, 0.5) is 11.5 Å². The second-order valence-electron chi connectivity index (χ2n) is 3.31. The van der Waals surface area contributed by atoms with Gasteiger partial charge in [0.2, 0.25) is 0 Å². The van der Waals surface area contributed by atoms with Crippen molar-refractivity contribution in [2.75, 3.05) is 5.32 Å². The highest BCUT2D eigenvalue weighted by Gasteiger charge is 2.17. The van der Waals surface area contributed by atoms with Gasteiger partial charge in [-0.3, -0.25) is 0 Å². The highest BCUT2D eigenvalue weighted by molar-refractivity contribution is 7.07. The number of aromatic amines is 1. The van der Waals surface area contributed by atoms with Crippen LogP contribution in [0.3, 0.4) is 0 Å². The molecule has 0 spiro atoms. The van der Waals surface area contributed by atoms with Crippen LogP contribution in [-0.4, -0.2) is 15.1 Å². The van der Waals surface area contributed by atoms with Crippen LogP contribution >= 0.6 is 11.3 Å². The van der Waals surface area contributed by atoms with E-state index in [-0.39, 0.29) is 11.9 Å². The molecule has 0 bridgehead atoms. The van der Waals surface area contributed by atoms with Crippen molar-refractivity contribution in [3.05, 3.63) is 38.7 Å². The minimum Gasteiger partial charge on any atom is -0.370 e. The summed E-state index contributed by atoms with van der Waals surface area (Å²) in [7, 11) is 0. The largest absolute Gasteiger partial charge is 0.370 e. The summed E-state index contributed by atoms with van der Waals surface area (Å²) in [5.74, 6) is -0.109. The number of hydrogen-bond donors (Lipinski definition) is 2. The summed E-state index contributed by atoms with van der Waals surface area (Å²) < 4.78 is 0. The maximum atomic E-state index is 10.6. The van der Waals surface area contributed by atoms with Gasteiger partial charge in [-0.25, -0.2) is 0 Å². The zero-order valence-corrected chi connectivity index (χ0v) is 9.32. The third kappa shape index (κ3) is 2.03. The van der Waals surface area contributed by atoms with Crippen LogP contribution < -0.4 is 5.32 Å². The van der Waals surface area contributed by atoms with Crippen LogP contribution in [0.2, 0.25) is 0 Å². The molecule has 16 heavy (non-hydrogen) atoms. The Morgan fingerprint density at radius 1 is 1.69 bits per heavy atom. The molecule has 6 nitrogen and oxygen atoms in total. The summed E-state index contributed by atoms with van der Waals surface area (Å²) in [6, 6.07) is 2.00. The number of rotatable bonds is 4. The Morgan fingerprint density at radius 2 is 2.50 bits per heavy atom. The number of H-pyrrole nitrogens is 1. The van der Waals surface area contributed by atoms with Crippen LogP contribution in [-0.2, 0) is 0 Å². The molecule has 7 heteroatoms. The molecule has 1 atom stereocenters. The Labute approximate surface area is 95.5 Å². The molecular formula is C9H10N4O2S. The SMILES string of the molecule is CC(Nc1cn[nH]c1[N+](=O)[O-])c1ccsc1. The third-order valence-electron chi connectivity index (χ3n) is 2.22. The maximum Gasteiger partial charge on any atom is 0.366 e. The first kappa shape index (κ1) is 10.6. The van der Waals surface area contributed by atoms with Gasteiger partial charge in [0.1, 0.15) is 6.20 Å². The molecule has 0 aliphatic carbocycles. The van der Waals surface area contributed by atoms with Crippen molar-refractivity contribution in [3.63, 3.8) is 0 Å². The molecule has 84 valence electrons. The number of aromatic nitrogens is 2. The maximum absolute atomic E-state index is 10.6. The van der Waals surface area contributed by atoms with Crippen LogP contribution in [0.15, 0.2) is 23.0 Å². The lowest BCUT2D eigenvalue weighted by molar-refractivity contribution is -0.388. The number of nitro groups is 1. The summed E-state index contributed by atoms with van der Waals surface area (Å²) in [6.07, 6.45) is 1.42. The Kier molecular flexibility index (Phi) is 2.86. The molecule has 2 rings (SSSR count). The summed E-state index contributed by atoms with van der Waals surface area (Å²) in [4.78, 5) is 10.2. The second-order valence-corrected chi connectivity index (χ2v) is 4.09. The highest BCUT2D eigenvalue weighted by atomic mass is 32.1. The highest BCUT2D eigenvalue weighted by Crippen LogP contribution is 2.26. The van der Waals surface area contributed by atoms with Gasteiger partial charge in [0.15, 0.2) is 5.69 Å². The fourth-order valence-electron chi connectivity index (χ4n) is 1.36. The summed E-state index contributed by atoms with van der Waals surface area (Å²) in [5.41, 5.74) is 1.50. The van der Waals surface area contributed by atoms with Gasteiger partial charge in [0.25, 0.3) is 0 Å². The molecule has 0 radical (unpaired) electrons. The van der Waals surface area contributed by atoms with E-state index in [4.69, 9.17) is 0 Å². The van der Waals surface area contributed by atoms with E-state index in [1.165, 1.54) is 6.20 Å². The Morgan fingerprint density at radius 3 is 3.12 bits per heavy atom. The standard InChI is InChI=1S/C9H10N4O2S/c1-6(7-2-3-16-5-7)11-8-4-10-12-9(8)13(14)15/h2-6,11H,1H3,(H,10,12). The van der Waals surface area contributed by atoms with Gasteiger partial charge in [-0.05, 0) is 34.2 Å². The van der Waals surface area contributed by atoms with E-state index in [1.807, 2.05) is 23.8 Å². The minimum atomic E-state index is -0.490. The molecule has 0 saturated carbocycles. The summed E-state index contributed by atoms with van der Waals surface area (Å²) in [5, 5.41) is 23.7. The topological polar surface area (TPSA) is 83.8 Å². The van der Waals surface area contributed by atoms with E-state index >= 15 is 0 Å². The molecule has 2 N–H and O–H groups in total. The lowest BCUT2D eigenvalue weighted by Gasteiger charge is -2.11. The number of nitrogens with zero attached hydrogens (tertiary/aromatic N) is 2. The number of anilines is 1. The van der Waals surface area contributed by atoms with Crippen LogP contribution in [0.25, 0.3) is 0 Å². The van der Waals surface area contributed by atoms with Gasteiger partial charge in [-0.1, -0.05) is 5.10 Å². The van der Waals surface area contributed by atoms with Gasteiger partial charge in [0, 0.05) is 6.04 Å². The zero-order chi connectivity index (χ0) is 11.5. The van der Waals surface area contributed by atoms with E-state index < -0.39 is 4.92 Å². The van der Waals surface area contributed by atoms with Gasteiger partial charge in [-0.2, -0.15) is 11.3 Å². The fraction of sp³-hybridized carbons (Fsp3) is 0.222. The van der Waals surface area contributed by atoms with Gasteiger partial charge in [0.05, 0.1) is 0 Å². The molecule has 0 aliphatic rings. The molecular weight excluding hydrogens is 228 g/mol. The first-order valence-corrected chi connectivity index (χ1v) is 5.59. The van der Waals surface area contributed by atoms with Crippen LogP contribution in [0.5, 0.6) is 0 Å². The molecule has 0 amide bonds. The molecule has 0 fully saturated rings. The molecule has 2 heterocycles. The minimum absolute atomic E-state index is 0.0162. The first-order valence-electron chi connectivity index (χ1n) is 4.65. The van der Waals surface area contributed by atoms with Crippen molar-refractivity contribution in [2.24, 2.45) is 0 Å². The van der Waals surface area contributed by atoms with E-state index in [0.717, 1.165) is 5.56 Å². The smallest absolute Gasteiger partial charge is 0.366 e. The lowest BCUT2D eigenvalue weighted by atomic mass is 10.2. The fourth-order valence-corrected chi connectivity index (χ4v) is 2.12. The van der Waals surface area contributed by atoms with Crippen molar-refractivity contribution in [1.82, 2.24) is 10.2 Å². The Balaban J connectivity index is 2.15. The summed E-state index contributed by atoms with van der Waals surface area (Å²) in [6.45, 7) is 1.94. The predicted molar refractivity (Wildman–Crippen MR) is 61.6 cm³/mol. The number of thiophene rings is 1. The van der Waals surface area contributed by atoms with Crippen molar-refractivity contribution in [2.45, 2.75) is 13.0 Å². The number of nitrogens with one attached hydrogen (secondary N) is 2. The van der Waals surface area contributed by atoms with E-state index in [1.54, 1.807) is 11.3 Å². The average molecular weight is 238 g/mol. The normalized spacial score (nSPS) is 12.3. The van der Waals surface area contributed by atoms with Gasteiger partial charge >= 0.3 is 5.82 Å². The second kappa shape index (κ2) is 4.31. The lowest BCUT2D eigenvalue weighted by Crippen LogP contribution is -2.06. The van der Waals surface area contributed by atoms with Gasteiger partial charge in [-0.15, -0.1) is 5.10 Å². The molecule has 2 aromatic heterocycles. The summed E-state index contributed by atoms with van der Waals surface area (Å²) >= 11 is 1.59. The monoisotopic (exact) mass is 238 g/mol.